The fourth-order valence-corrected chi connectivity index (χ4v) is 3.10. The first-order valence-electron chi connectivity index (χ1n) is 9.50. The average Bonchev–Trinajstić information content (AvgIpc) is 3.30. The van der Waals surface area contributed by atoms with Gasteiger partial charge >= 0.3 is 5.97 Å². The van der Waals surface area contributed by atoms with Gasteiger partial charge in [-0.05, 0) is 19.3 Å². The summed E-state index contributed by atoms with van der Waals surface area (Å²) < 4.78 is 10.2. The zero-order valence-electron chi connectivity index (χ0n) is 14.8. The smallest absolute Gasteiger partial charge is 0.305 e. The molecule has 0 amide bonds. The Labute approximate surface area is 137 Å². The van der Waals surface area contributed by atoms with Crippen LogP contribution in [0.15, 0.2) is 0 Å². The number of hydrogen-bond donors (Lipinski definition) is 0. The summed E-state index contributed by atoms with van der Waals surface area (Å²) in [7, 11) is 1.46. The maximum Gasteiger partial charge on any atom is 0.305 e. The molecule has 0 radical (unpaired) electrons. The molecular weight excluding hydrogens is 276 g/mol. The summed E-state index contributed by atoms with van der Waals surface area (Å²) in [5, 5.41) is 0. The molecule has 22 heavy (non-hydrogen) atoms. The predicted octanol–water partition coefficient (Wildman–Crippen LogP) is 5.41. The van der Waals surface area contributed by atoms with Crippen LogP contribution in [0.25, 0.3) is 0 Å². The topological polar surface area (TPSA) is 38.8 Å². The third-order valence-electron chi connectivity index (χ3n) is 4.69. The molecule has 3 heteroatoms. The Morgan fingerprint density at radius 1 is 0.818 bits per heavy atom. The molecule has 0 N–H and O–H groups in total. The van der Waals surface area contributed by atoms with Crippen LogP contribution in [-0.4, -0.2) is 25.3 Å². The molecule has 0 saturated carbocycles. The van der Waals surface area contributed by atoms with Crippen molar-refractivity contribution in [3.63, 3.8) is 0 Å². The highest BCUT2D eigenvalue weighted by molar-refractivity contribution is 5.68. The second-order valence-electron chi connectivity index (χ2n) is 6.63. The van der Waals surface area contributed by atoms with Crippen LogP contribution >= 0.6 is 0 Å². The number of methoxy groups -OCH3 is 1. The minimum atomic E-state index is -0.0709. The molecular formula is C19H36O3. The van der Waals surface area contributed by atoms with E-state index in [0.29, 0.717) is 18.6 Å². The zero-order chi connectivity index (χ0) is 16.0. The van der Waals surface area contributed by atoms with Crippen LogP contribution < -0.4 is 0 Å². The molecule has 3 nitrogen and oxygen atoms in total. The van der Waals surface area contributed by atoms with Crippen molar-refractivity contribution in [3.05, 3.63) is 0 Å². The molecule has 0 aromatic rings. The quantitative estimate of drug-likeness (QED) is 0.230. The number of rotatable bonds is 15. The lowest BCUT2D eigenvalue weighted by atomic mass is 10.0. The predicted molar refractivity (Wildman–Crippen MR) is 91.0 cm³/mol. The van der Waals surface area contributed by atoms with E-state index in [9.17, 15) is 4.79 Å². The number of ether oxygens (including phenoxy) is 2. The molecule has 0 unspecified atom stereocenters. The standard InChI is InChI=1S/C19H36O3/c1-3-17-18(22-17)15-13-11-9-7-5-4-6-8-10-12-14-16-19(20)21-2/h17-18H,3-16H2,1-2H3/t17-,18+/m0/s1. The minimum absolute atomic E-state index is 0.0709. The van der Waals surface area contributed by atoms with Gasteiger partial charge in [0.25, 0.3) is 0 Å². The van der Waals surface area contributed by atoms with Crippen LogP contribution in [0.5, 0.6) is 0 Å². The van der Waals surface area contributed by atoms with E-state index >= 15 is 0 Å². The van der Waals surface area contributed by atoms with Crippen molar-refractivity contribution in [2.24, 2.45) is 0 Å². The molecule has 0 spiro atoms. The first-order valence-corrected chi connectivity index (χ1v) is 9.50. The lowest BCUT2D eigenvalue weighted by molar-refractivity contribution is -0.140. The normalized spacial score (nSPS) is 20.1. The molecule has 130 valence electrons. The largest absolute Gasteiger partial charge is 0.469 e. The van der Waals surface area contributed by atoms with E-state index in [4.69, 9.17) is 4.74 Å². The zero-order valence-corrected chi connectivity index (χ0v) is 14.8. The van der Waals surface area contributed by atoms with Gasteiger partial charge in [0, 0.05) is 6.42 Å². The van der Waals surface area contributed by atoms with Crippen LogP contribution in [0.2, 0.25) is 0 Å². The molecule has 1 saturated heterocycles. The first kappa shape index (κ1) is 19.5. The lowest BCUT2D eigenvalue weighted by Crippen LogP contribution is -1.99. The number of carbonyl (C=O) groups excluding carboxylic acids is 1. The summed E-state index contributed by atoms with van der Waals surface area (Å²) >= 11 is 0. The average molecular weight is 312 g/mol. The number of carbonyl (C=O) groups is 1. The number of unbranched alkanes of at least 4 members (excludes halogenated alkanes) is 10. The second-order valence-corrected chi connectivity index (χ2v) is 6.63. The maximum atomic E-state index is 10.9. The van der Waals surface area contributed by atoms with Gasteiger partial charge < -0.3 is 9.47 Å². The van der Waals surface area contributed by atoms with Crippen LogP contribution in [0, 0.1) is 0 Å². The Bertz CT molecular complexity index is 278. The van der Waals surface area contributed by atoms with Crippen molar-refractivity contribution in [3.8, 4) is 0 Å². The van der Waals surface area contributed by atoms with Gasteiger partial charge in [0.2, 0.25) is 0 Å². The van der Waals surface area contributed by atoms with E-state index in [1.54, 1.807) is 0 Å². The summed E-state index contributed by atoms with van der Waals surface area (Å²) in [6.07, 6.45) is 18.6. The van der Waals surface area contributed by atoms with E-state index in [-0.39, 0.29) is 5.97 Å². The third-order valence-corrected chi connectivity index (χ3v) is 4.69. The fraction of sp³-hybridized carbons (Fsp3) is 0.947. The van der Waals surface area contributed by atoms with Gasteiger partial charge in [-0.15, -0.1) is 0 Å². The molecule has 0 aromatic heterocycles. The summed E-state index contributed by atoms with van der Waals surface area (Å²) in [6.45, 7) is 2.21. The molecule has 0 bridgehead atoms. The second kappa shape index (κ2) is 12.9. The Morgan fingerprint density at radius 2 is 1.32 bits per heavy atom. The van der Waals surface area contributed by atoms with Crippen LogP contribution in [-0.2, 0) is 14.3 Å². The minimum Gasteiger partial charge on any atom is -0.469 e. The van der Waals surface area contributed by atoms with E-state index in [2.05, 4.69) is 11.7 Å². The van der Waals surface area contributed by atoms with Gasteiger partial charge in [-0.1, -0.05) is 71.1 Å². The van der Waals surface area contributed by atoms with E-state index in [1.807, 2.05) is 0 Å². The molecule has 1 fully saturated rings. The highest BCUT2D eigenvalue weighted by atomic mass is 16.6. The van der Waals surface area contributed by atoms with Gasteiger partial charge in [-0.3, -0.25) is 4.79 Å². The van der Waals surface area contributed by atoms with Gasteiger partial charge in [0.1, 0.15) is 0 Å². The molecule has 1 aliphatic rings. The van der Waals surface area contributed by atoms with E-state index < -0.39 is 0 Å². The summed E-state index contributed by atoms with van der Waals surface area (Å²) in [6, 6.07) is 0. The Balaban J connectivity index is 1.67. The summed E-state index contributed by atoms with van der Waals surface area (Å²) in [5.74, 6) is -0.0709. The molecule has 1 aliphatic heterocycles. The number of esters is 1. The monoisotopic (exact) mass is 312 g/mol. The van der Waals surface area contributed by atoms with Gasteiger partial charge in [0.15, 0.2) is 0 Å². The highest BCUT2D eigenvalue weighted by Crippen LogP contribution is 2.29. The van der Waals surface area contributed by atoms with Crippen molar-refractivity contribution >= 4 is 5.97 Å². The lowest BCUT2D eigenvalue weighted by Gasteiger charge is -2.03. The molecule has 2 atom stereocenters. The Hall–Kier alpha value is -0.570. The van der Waals surface area contributed by atoms with Crippen molar-refractivity contribution in [1.82, 2.24) is 0 Å². The molecule has 0 aromatic carbocycles. The summed E-state index contributed by atoms with van der Waals surface area (Å²) in [4.78, 5) is 10.9. The van der Waals surface area contributed by atoms with Crippen LogP contribution in [0.3, 0.4) is 0 Å². The SMILES string of the molecule is CC[C@@H]1O[C@@H]1CCCCCCCCCCCCCC(=O)OC. The van der Waals surface area contributed by atoms with Gasteiger partial charge in [0.05, 0.1) is 19.3 Å². The van der Waals surface area contributed by atoms with Gasteiger partial charge in [-0.2, -0.15) is 0 Å². The van der Waals surface area contributed by atoms with Crippen molar-refractivity contribution in [1.29, 1.82) is 0 Å². The molecule has 1 heterocycles. The van der Waals surface area contributed by atoms with E-state index in [0.717, 1.165) is 12.8 Å². The highest BCUT2D eigenvalue weighted by Gasteiger charge is 2.35. The summed E-state index contributed by atoms with van der Waals surface area (Å²) in [5.41, 5.74) is 0. The maximum absolute atomic E-state index is 10.9. The third kappa shape index (κ3) is 10.2. The molecule has 1 rings (SSSR count). The Kier molecular flexibility index (Phi) is 11.4. The van der Waals surface area contributed by atoms with Crippen LogP contribution in [0.1, 0.15) is 96.8 Å². The van der Waals surface area contributed by atoms with Gasteiger partial charge in [-0.25, -0.2) is 0 Å². The van der Waals surface area contributed by atoms with Crippen molar-refractivity contribution in [2.45, 2.75) is 109 Å². The fourth-order valence-electron chi connectivity index (χ4n) is 3.10. The van der Waals surface area contributed by atoms with Crippen molar-refractivity contribution < 1.29 is 14.3 Å². The molecule has 0 aliphatic carbocycles. The van der Waals surface area contributed by atoms with E-state index in [1.165, 1.54) is 77.7 Å². The number of epoxide rings is 1. The van der Waals surface area contributed by atoms with Crippen LogP contribution in [0.4, 0.5) is 0 Å². The number of hydrogen-bond acceptors (Lipinski definition) is 3. The van der Waals surface area contributed by atoms with Crippen molar-refractivity contribution in [2.75, 3.05) is 7.11 Å². The first-order chi connectivity index (χ1) is 10.8. The Morgan fingerprint density at radius 3 is 1.77 bits per heavy atom.